The van der Waals surface area contributed by atoms with E-state index in [0.717, 1.165) is 30.5 Å². The molecule has 1 saturated heterocycles. The van der Waals surface area contributed by atoms with Gasteiger partial charge in [-0.1, -0.05) is 17.9 Å². The van der Waals surface area contributed by atoms with E-state index in [4.69, 9.17) is 5.73 Å². The summed E-state index contributed by atoms with van der Waals surface area (Å²) in [7, 11) is 0. The smallest absolute Gasteiger partial charge is 0.255 e. The third kappa shape index (κ3) is 2.86. The second-order valence-electron chi connectivity index (χ2n) is 5.93. The van der Waals surface area contributed by atoms with Gasteiger partial charge in [0.15, 0.2) is 0 Å². The highest BCUT2D eigenvalue weighted by Gasteiger charge is 2.36. The fourth-order valence-corrected chi connectivity index (χ4v) is 2.72. The minimum absolute atomic E-state index is 0.0689. The quantitative estimate of drug-likeness (QED) is 0.796. The van der Waals surface area contributed by atoms with E-state index in [1.54, 1.807) is 0 Å². The Kier molecular flexibility index (Phi) is 4.15. The summed E-state index contributed by atoms with van der Waals surface area (Å²) in [5, 5.41) is 0. The van der Waals surface area contributed by atoms with Gasteiger partial charge >= 0.3 is 0 Å². The van der Waals surface area contributed by atoms with Crippen LogP contribution in [0, 0.1) is 18.8 Å². The molecule has 106 valence electrons. The monoisotopic (exact) mass is 270 g/mol. The molecule has 20 heavy (non-hydrogen) atoms. The first kappa shape index (κ1) is 14.6. The van der Waals surface area contributed by atoms with Crippen LogP contribution in [0.5, 0.6) is 0 Å². The van der Waals surface area contributed by atoms with Crippen LogP contribution in [-0.4, -0.2) is 29.4 Å². The van der Waals surface area contributed by atoms with Gasteiger partial charge in [-0.2, -0.15) is 0 Å². The van der Waals surface area contributed by atoms with Crippen molar-refractivity contribution in [2.45, 2.75) is 39.2 Å². The first-order valence-corrected chi connectivity index (χ1v) is 7.07. The Labute approximate surface area is 121 Å². The summed E-state index contributed by atoms with van der Waals surface area (Å²) in [4.78, 5) is 14.7. The molecule has 1 aliphatic heterocycles. The van der Waals surface area contributed by atoms with E-state index < -0.39 is 0 Å². The van der Waals surface area contributed by atoms with Crippen LogP contribution in [0.4, 0.5) is 0 Å². The zero-order valence-corrected chi connectivity index (χ0v) is 12.5. The number of carbonyl (C=O) groups excluding carboxylic acids is 1. The molecule has 3 heteroatoms. The lowest BCUT2D eigenvalue weighted by Crippen LogP contribution is -2.42. The summed E-state index contributed by atoms with van der Waals surface area (Å²) in [6.45, 7) is 7.37. The number of likely N-dealkylation sites (tertiary alicyclic amines) is 1. The van der Waals surface area contributed by atoms with E-state index in [0.29, 0.717) is 12.1 Å². The molecule has 1 amide bonds. The molecule has 0 aliphatic carbocycles. The topological polar surface area (TPSA) is 46.3 Å². The fraction of sp³-hybridized carbons (Fsp3) is 0.471. The molecule has 0 atom stereocenters. The maximum Gasteiger partial charge on any atom is 0.255 e. The minimum atomic E-state index is -0.0689. The number of nitrogens with two attached hydrogens (primary N) is 1. The van der Waals surface area contributed by atoms with Gasteiger partial charge in [0.1, 0.15) is 0 Å². The Bertz CT molecular complexity index is 578. The molecule has 0 unspecified atom stereocenters. The van der Waals surface area contributed by atoms with E-state index in [9.17, 15) is 4.79 Å². The standard InChI is InChI=1S/C17H22N2O/c1-13-7-8-15(14(12-13)6-4-10-18)16(20)19-11-5-9-17(19,2)3/h7-8,12H,5,9-11,18H2,1-3H3. The van der Waals surface area contributed by atoms with Crippen LogP contribution in [0.1, 0.15) is 48.2 Å². The van der Waals surface area contributed by atoms with E-state index in [2.05, 4.69) is 25.7 Å². The average molecular weight is 270 g/mol. The SMILES string of the molecule is Cc1ccc(C(=O)N2CCCC2(C)C)c(C#CCN)c1. The van der Waals surface area contributed by atoms with E-state index in [-0.39, 0.29) is 11.4 Å². The molecular formula is C17H22N2O. The maximum atomic E-state index is 12.8. The fourth-order valence-electron chi connectivity index (χ4n) is 2.72. The van der Waals surface area contributed by atoms with Gasteiger partial charge in [0.25, 0.3) is 5.91 Å². The Morgan fingerprint density at radius 3 is 2.80 bits per heavy atom. The minimum Gasteiger partial charge on any atom is -0.333 e. The normalized spacial score (nSPS) is 16.7. The van der Waals surface area contributed by atoms with Crippen LogP contribution in [0.25, 0.3) is 0 Å². The van der Waals surface area contributed by atoms with Gasteiger partial charge in [-0.15, -0.1) is 0 Å². The summed E-state index contributed by atoms with van der Waals surface area (Å²) in [6.07, 6.45) is 2.11. The molecule has 0 radical (unpaired) electrons. The summed E-state index contributed by atoms with van der Waals surface area (Å²) >= 11 is 0. The van der Waals surface area contributed by atoms with Gasteiger partial charge in [0.2, 0.25) is 0 Å². The van der Waals surface area contributed by atoms with Crippen molar-refractivity contribution in [2.24, 2.45) is 5.73 Å². The highest BCUT2D eigenvalue weighted by molar-refractivity contribution is 5.97. The molecule has 0 aromatic heterocycles. The second kappa shape index (κ2) is 5.68. The lowest BCUT2D eigenvalue weighted by atomic mass is 9.99. The first-order chi connectivity index (χ1) is 9.45. The van der Waals surface area contributed by atoms with Crippen molar-refractivity contribution in [3.63, 3.8) is 0 Å². The number of nitrogens with zero attached hydrogens (tertiary/aromatic N) is 1. The third-order valence-corrected chi connectivity index (χ3v) is 3.88. The largest absolute Gasteiger partial charge is 0.333 e. The first-order valence-electron chi connectivity index (χ1n) is 7.07. The number of hydrogen-bond donors (Lipinski definition) is 1. The van der Waals surface area contributed by atoms with Crippen molar-refractivity contribution < 1.29 is 4.79 Å². The lowest BCUT2D eigenvalue weighted by Gasteiger charge is -2.32. The highest BCUT2D eigenvalue weighted by Crippen LogP contribution is 2.30. The number of hydrogen-bond acceptors (Lipinski definition) is 2. The number of benzene rings is 1. The molecule has 0 bridgehead atoms. The van der Waals surface area contributed by atoms with E-state index in [1.165, 1.54) is 0 Å². The molecular weight excluding hydrogens is 248 g/mol. The van der Waals surface area contributed by atoms with Crippen molar-refractivity contribution >= 4 is 5.91 Å². The Balaban J connectivity index is 2.39. The molecule has 2 rings (SSSR count). The van der Waals surface area contributed by atoms with Crippen LogP contribution in [-0.2, 0) is 0 Å². The molecule has 1 aliphatic rings. The molecule has 1 heterocycles. The van der Waals surface area contributed by atoms with E-state index >= 15 is 0 Å². The van der Waals surface area contributed by atoms with Crippen molar-refractivity contribution in [1.82, 2.24) is 4.90 Å². The van der Waals surface area contributed by atoms with Gasteiger partial charge in [-0.3, -0.25) is 4.79 Å². The predicted molar refractivity (Wildman–Crippen MR) is 81.5 cm³/mol. The van der Waals surface area contributed by atoms with Gasteiger partial charge in [0, 0.05) is 17.6 Å². The zero-order valence-electron chi connectivity index (χ0n) is 12.5. The number of carbonyl (C=O) groups is 1. The molecule has 0 saturated carbocycles. The Morgan fingerprint density at radius 2 is 2.20 bits per heavy atom. The van der Waals surface area contributed by atoms with Crippen LogP contribution in [0.15, 0.2) is 18.2 Å². The number of amides is 1. The summed E-state index contributed by atoms with van der Waals surface area (Å²) < 4.78 is 0. The van der Waals surface area contributed by atoms with Crippen molar-refractivity contribution in [3.8, 4) is 11.8 Å². The molecule has 1 fully saturated rings. The molecule has 1 aromatic carbocycles. The molecule has 1 aromatic rings. The van der Waals surface area contributed by atoms with Crippen LogP contribution in [0.3, 0.4) is 0 Å². The average Bonchev–Trinajstić information content (AvgIpc) is 2.75. The second-order valence-corrected chi connectivity index (χ2v) is 5.93. The van der Waals surface area contributed by atoms with Gasteiger partial charge < -0.3 is 10.6 Å². The van der Waals surface area contributed by atoms with Gasteiger partial charge in [0.05, 0.1) is 12.1 Å². The van der Waals surface area contributed by atoms with Crippen molar-refractivity contribution in [1.29, 1.82) is 0 Å². The third-order valence-electron chi connectivity index (χ3n) is 3.88. The Hall–Kier alpha value is -1.79. The van der Waals surface area contributed by atoms with Crippen LogP contribution >= 0.6 is 0 Å². The van der Waals surface area contributed by atoms with Crippen molar-refractivity contribution in [2.75, 3.05) is 13.1 Å². The maximum absolute atomic E-state index is 12.8. The highest BCUT2D eigenvalue weighted by atomic mass is 16.2. The summed E-state index contributed by atoms with van der Waals surface area (Å²) in [5.74, 6) is 5.95. The predicted octanol–water partition coefficient (Wildman–Crippen LogP) is 2.32. The molecule has 2 N–H and O–H groups in total. The Morgan fingerprint density at radius 1 is 1.45 bits per heavy atom. The van der Waals surface area contributed by atoms with Crippen molar-refractivity contribution in [3.05, 3.63) is 34.9 Å². The van der Waals surface area contributed by atoms with Crippen LogP contribution < -0.4 is 5.73 Å². The van der Waals surface area contributed by atoms with Crippen LogP contribution in [0.2, 0.25) is 0 Å². The lowest BCUT2D eigenvalue weighted by molar-refractivity contribution is 0.0651. The molecule has 0 spiro atoms. The molecule has 3 nitrogen and oxygen atoms in total. The zero-order chi connectivity index (χ0) is 14.8. The summed E-state index contributed by atoms with van der Waals surface area (Å²) in [5.41, 5.74) is 7.94. The van der Waals surface area contributed by atoms with E-state index in [1.807, 2.05) is 30.0 Å². The summed E-state index contributed by atoms with van der Waals surface area (Å²) in [6, 6.07) is 5.80. The van der Waals surface area contributed by atoms with Gasteiger partial charge in [-0.05, 0) is 51.3 Å². The number of rotatable bonds is 1. The van der Waals surface area contributed by atoms with Gasteiger partial charge in [-0.25, -0.2) is 0 Å². The number of aryl methyl sites for hydroxylation is 1.